The monoisotopic (exact) mass is 303 g/mol. The molecule has 0 amide bonds. The summed E-state index contributed by atoms with van der Waals surface area (Å²) in [5, 5.41) is 7.17. The highest BCUT2D eigenvalue weighted by molar-refractivity contribution is 7.98. The molecule has 21 heavy (non-hydrogen) atoms. The van der Waals surface area contributed by atoms with E-state index in [1.807, 2.05) is 0 Å². The fourth-order valence-corrected chi connectivity index (χ4v) is 2.63. The number of nitrogens with zero attached hydrogens (tertiary/aromatic N) is 2. The van der Waals surface area contributed by atoms with Gasteiger partial charge in [-0.2, -0.15) is 0 Å². The van der Waals surface area contributed by atoms with Crippen LogP contribution < -0.4 is 0 Å². The Hall–Kier alpha value is -2.21. The van der Waals surface area contributed by atoms with Gasteiger partial charge >= 0.3 is 0 Å². The van der Waals surface area contributed by atoms with Gasteiger partial charge in [-0.1, -0.05) is 42.1 Å². The molecule has 2 aromatic carbocycles. The molecule has 0 aliphatic carbocycles. The summed E-state index contributed by atoms with van der Waals surface area (Å²) in [5.74, 6) is 0.166. The molecule has 3 aromatic rings. The SMILES string of the molecule is Fc1ccccc1CSc1n[nH]c(-c2ccccc2F)n1. The third-order valence-corrected chi connectivity index (χ3v) is 3.80. The van der Waals surface area contributed by atoms with Crippen LogP contribution in [0.3, 0.4) is 0 Å². The number of rotatable bonds is 4. The Bertz CT molecular complexity index is 758. The summed E-state index contributed by atoms with van der Waals surface area (Å²) in [6.07, 6.45) is 0. The number of H-pyrrole nitrogens is 1. The molecule has 0 saturated heterocycles. The zero-order valence-electron chi connectivity index (χ0n) is 10.9. The lowest BCUT2D eigenvalue weighted by Crippen LogP contribution is -1.87. The van der Waals surface area contributed by atoms with Gasteiger partial charge in [-0.3, -0.25) is 5.10 Å². The van der Waals surface area contributed by atoms with Crippen LogP contribution >= 0.6 is 11.8 Å². The Morgan fingerprint density at radius 3 is 2.43 bits per heavy atom. The van der Waals surface area contributed by atoms with Gasteiger partial charge in [0.2, 0.25) is 5.16 Å². The van der Waals surface area contributed by atoms with Crippen molar-refractivity contribution in [2.24, 2.45) is 0 Å². The number of aromatic amines is 1. The molecule has 1 heterocycles. The van der Waals surface area contributed by atoms with Crippen molar-refractivity contribution in [3.8, 4) is 11.4 Å². The lowest BCUT2D eigenvalue weighted by molar-refractivity contribution is 0.617. The van der Waals surface area contributed by atoms with Crippen LogP contribution in [0.2, 0.25) is 0 Å². The average molecular weight is 303 g/mol. The predicted molar refractivity (Wildman–Crippen MR) is 77.7 cm³/mol. The van der Waals surface area contributed by atoms with Gasteiger partial charge in [0.05, 0.1) is 5.56 Å². The first-order chi connectivity index (χ1) is 10.2. The van der Waals surface area contributed by atoms with Crippen LogP contribution in [0.25, 0.3) is 11.4 Å². The number of thioether (sulfide) groups is 1. The lowest BCUT2D eigenvalue weighted by atomic mass is 10.2. The zero-order valence-corrected chi connectivity index (χ0v) is 11.7. The van der Waals surface area contributed by atoms with Crippen LogP contribution in [-0.2, 0) is 5.75 Å². The van der Waals surface area contributed by atoms with Gasteiger partial charge in [-0.15, -0.1) is 5.10 Å². The first-order valence-corrected chi connectivity index (χ1v) is 7.26. The van der Waals surface area contributed by atoms with Gasteiger partial charge in [0.1, 0.15) is 11.6 Å². The van der Waals surface area contributed by atoms with Crippen LogP contribution in [0.1, 0.15) is 5.56 Å². The normalized spacial score (nSPS) is 10.8. The molecular formula is C15H11F2N3S. The molecule has 1 N–H and O–H groups in total. The third kappa shape index (κ3) is 3.11. The van der Waals surface area contributed by atoms with Crippen LogP contribution in [-0.4, -0.2) is 15.2 Å². The Balaban J connectivity index is 1.74. The standard InChI is InChI=1S/C15H11F2N3S/c16-12-7-3-1-5-10(12)9-21-15-18-14(19-20-15)11-6-2-4-8-13(11)17/h1-8H,9H2,(H,18,19,20). The second-order valence-electron chi connectivity index (χ2n) is 4.33. The smallest absolute Gasteiger partial charge is 0.209 e. The predicted octanol–water partition coefficient (Wildman–Crippen LogP) is 4.04. The summed E-state index contributed by atoms with van der Waals surface area (Å²) in [4.78, 5) is 4.22. The van der Waals surface area contributed by atoms with Crippen LogP contribution in [0.15, 0.2) is 53.7 Å². The Morgan fingerprint density at radius 1 is 0.952 bits per heavy atom. The Morgan fingerprint density at radius 2 is 1.67 bits per heavy atom. The molecule has 0 saturated carbocycles. The van der Waals surface area contributed by atoms with E-state index in [0.29, 0.717) is 27.9 Å². The number of hydrogen-bond acceptors (Lipinski definition) is 3. The lowest BCUT2D eigenvalue weighted by Gasteiger charge is -1.99. The summed E-state index contributed by atoms with van der Waals surface area (Å²) >= 11 is 1.29. The highest BCUT2D eigenvalue weighted by Gasteiger charge is 2.10. The fraction of sp³-hybridized carbons (Fsp3) is 0.0667. The van der Waals surface area contributed by atoms with E-state index in [4.69, 9.17) is 0 Å². The number of hydrogen-bond donors (Lipinski definition) is 1. The molecule has 0 radical (unpaired) electrons. The molecule has 0 fully saturated rings. The average Bonchev–Trinajstić information content (AvgIpc) is 2.96. The van der Waals surface area contributed by atoms with E-state index < -0.39 is 0 Å². The van der Waals surface area contributed by atoms with Crippen molar-refractivity contribution in [3.63, 3.8) is 0 Å². The number of nitrogens with one attached hydrogen (secondary N) is 1. The molecule has 0 spiro atoms. The minimum Gasteiger partial charge on any atom is -0.258 e. The van der Waals surface area contributed by atoms with E-state index in [1.165, 1.54) is 23.9 Å². The van der Waals surface area contributed by atoms with E-state index in [1.54, 1.807) is 36.4 Å². The van der Waals surface area contributed by atoms with Crippen molar-refractivity contribution in [2.45, 2.75) is 10.9 Å². The third-order valence-electron chi connectivity index (χ3n) is 2.91. The summed E-state index contributed by atoms with van der Waals surface area (Å²) in [6, 6.07) is 12.9. The second kappa shape index (κ2) is 6.05. The van der Waals surface area contributed by atoms with Gasteiger partial charge in [-0.05, 0) is 23.8 Å². The highest BCUT2D eigenvalue weighted by atomic mass is 32.2. The maximum atomic E-state index is 13.6. The van der Waals surface area contributed by atoms with Crippen molar-refractivity contribution in [3.05, 3.63) is 65.7 Å². The molecule has 6 heteroatoms. The van der Waals surface area contributed by atoms with E-state index in [0.717, 1.165) is 0 Å². The molecule has 0 aliphatic rings. The van der Waals surface area contributed by atoms with Gasteiger partial charge in [-0.25, -0.2) is 13.8 Å². The second-order valence-corrected chi connectivity index (χ2v) is 5.27. The first kappa shape index (κ1) is 13.8. The molecule has 0 atom stereocenters. The van der Waals surface area contributed by atoms with Crippen LogP contribution in [0.4, 0.5) is 8.78 Å². The van der Waals surface area contributed by atoms with Crippen molar-refractivity contribution in [2.75, 3.05) is 0 Å². The molecule has 106 valence electrons. The highest BCUT2D eigenvalue weighted by Crippen LogP contribution is 2.24. The minimum absolute atomic E-state index is 0.255. The summed E-state index contributed by atoms with van der Waals surface area (Å²) in [7, 11) is 0. The van der Waals surface area contributed by atoms with Crippen molar-refractivity contribution >= 4 is 11.8 Å². The molecule has 3 rings (SSSR count). The van der Waals surface area contributed by atoms with Gasteiger partial charge in [0, 0.05) is 5.75 Å². The Kier molecular flexibility index (Phi) is 3.96. The van der Waals surface area contributed by atoms with Crippen LogP contribution in [0, 0.1) is 11.6 Å². The van der Waals surface area contributed by atoms with Gasteiger partial charge in [0.15, 0.2) is 5.82 Å². The molecule has 1 aromatic heterocycles. The van der Waals surface area contributed by atoms with Crippen LogP contribution in [0.5, 0.6) is 0 Å². The minimum atomic E-state index is -0.362. The molecular weight excluding hydrogens is 292 g/mol. The maximum absolute atomic E-state index is 13.6. The van der Waals surface area contributed by atoms with Crippen molar-refractivity contribution in [1.29, 1.82) is 0 Å². The number of benzene rings is 2. The molecule has 0 unspecified atom stereocenters. The Labute approximate surface area is 124 Å². The van der Waals surface area contributed by atoms with E-state index in [2.05, 4.69) is 15.2 Å². The van der Waals surface area contributed by atoms with Crippen molar-refractivity contribution in [1.82, 2.24) is 15.2 Å². The number of halogens is 2. The summed E-state index contributed by atoms with van der Waals surface area (Å²) < 4.78 is 27.1. The summed E-state index contributed by atoms with van der Waals surface area (Å²) in [6.45, 7) is 0. The first-order valence-electron chi connectivity index (χ1n) is 6.27. The van der Waals surface area contributed by atoms with Gasteiger partial charge < -0.3 is 0 Å². The van der Waals surface area contributed by atoms with Gasteiger partial charge in [0.25, 0.3) is 0 Å². The topological polar surface area (TPSA) is 41.6 Å². The fourth-order valence-electron chi connectivity index (χ4n) is 1.84. The largest absolute Gasteiger partial charge is 0.258 e. The zero-order chi connectivity index (χ0) is 14.7. The van der Waals surface area contributed by atoms with E-state index in [9.17, 15) is 8.78 Å². The van der Waals surface area contributed by atoms with Crippen molar-refractivity contribution < 1.29 is 8.78 Å². The number of aromatic nitrogens is 3. The summed E-state index contributed by atoms with van der Waals surface area (Å²) in [5.41, 5.74) is 0.947. The maximum Gasteiger partial charge on any atom is 0.209 e. The quantitative estimate of drug-likeness (QED) is 0.740. The molecule has 0 bridgehead atoms. The molecule has 0 aliphatic heterocycles. The molecule has 3 nitrogen and oxygen atoms in total. The van der Waals surface area contributed by atoms with E-state index >= 15 is 0 Å². The van der Waals surface area contributed by atoms with E-state index in [-0.39, 0.29) is 11.6 Å².